The summed E-state index contributed by atoms with van der Waals surface area (Å²) in [7, 11) is 0. The van der Waals surface area contributed by atoms with E-state index in [0.717, 1.165) is 22.5 Å². The van der Waals surface area contributed by atoms with Crippen molar-refractivity contribution in [2.24, 2.45) is 5.92 Å². The zero-order valence-electron chi connectivity index (χ0n) is 23.7. The molecule has 11 heteroatoms. The second-order valence-corrected chi connectivity index (χ2v) is 12.1. The average Bonchev–Trinajstić information content (AvgIpc) is 3.41. The Morgan fingerprint density at radius 3 is 2.47 bits per heavy atom. The molecule has 1 amide bonds. The number of rotatable bonds is 11. The average molecular weight is 654 g/mol. The number of imidazole rings is 1. The Kier molecular flexibility index (Phi) is 11.4. The molecule has 1 aromatic heterocycles. The molecule has 0 fully saturated rings. The molecule has 4 rings (SSSR count). The quantitative estimate of drug-likeness (QED) is 0.165. The first kappa shape index (κ1) is 32.3. The molecule has 7 nitrogen and oxygen atoms in total. The summed E-state index contributed by atoms with van der Waals surface area (Å²) in [6.07, 6.45) is 3.57. The van der Waals surface area contributed by atoms with Crippen LogP contribution >= 0.6 is 47.0 Å². The molecule has 0 radical (unpaired) electrons. The Morgan fingerprint density at radius 1 is 1.07 bits per heavy atom. The van der Waals surface area contributed by atoms with Gasteiger partial charge in [-0.3, -0.25) is 4.79 Å². The second kappa shape index (κ2) is 15.2. The standard InChI is InChI=1S/C32H31Cl3N6OS/c1-21(2)29(39-30(42)14-27-16-37-20-41(27)17-23-8-6-22(15-36)7-9-23)19-40(18-24-4-3-5-28(34)31(24)35)32(43)38-26-12-10-25(33)11-13-26/h3-13,16,20-21,29H,14,17-19H2,1-2H3,(H,38,43)(H,39,42)/t29-/m1/s1. The van der Waals surface area contributed by atoms with Gasteiger partial charge in [0.15, 0.2) is 5.11 Å². The van der Waals surface area contributed by atoms with Gasteiger partial charge >= 0.3 is 0 Å². The molecule has 0 spiro atoms. The summed E-state index contributed by atoms with van der Waals surface area (Å²) in [5, 5.41) is 17.6. The van der Waals surface area contributed by atoms with Crippen LogP contribution in [-0.2, 0) is 24.3 Å². The van der Waals surface area contributed by atoms with Crippen molar-refractivity contribution in [1.29, 1.82) is 5.26 Å². The molecular weight excluding hydrogens is 623 g/mol. The highest BCUT2D eigenvalue weighted by Gasteiger charge is 2.23. The van der Waals surface area contributed by atoms with Gasteiger partial charge in [0.05, 0.1) is 34.4 Å². The molecule has 1 atom stereocenters. The van der Waals surface area contributed by atoms with Crippen molar-refractivity contribution >= 4 is 63.7 Å². The number of benzene rings is 3. The number of hydrogen-bond acceptors (Lipinski definition) is 4. The lowest BCUT2D eigenvalue weighted by Gasteiger charge is -2.32. The fraction of sp³-hybridized carbons (Fsp3) is 0.250. The van der Waals surface area contributed by atoms with Crippen LogP contribution < -0.4 is 10.6 Å². The van der Waals surface area contributed by atoms with Gasteiger partial charge in [0.2, 0.25) is 5.91 Å². The number of hydrogen-bond donors (Lipinski definition) is 2. The summed E-state index contributed by atoms with van der Waals surface area (Å²) in [6, 6.07) is 22.0. The van der Waals surface area contributed by atoms with E-state index in [0.29, 0.717) is 45.4 Å². The van der Waals surface area contributed by atoms with Crippen LogP contribution in [0.4, 0.5) is 5.69 Å². The molecule has 0 aliphatic carbocycles. The van der Waals surface area contributed by atoms with E-state index >= 15 is 0 Å². The third-order valence-corrected chi connectivity index (χ3v) is 8.39. The van der Waals surface area contributed by atoms with Crippen molar-refractivity contribution in [1.82, 2.24) is 19.8 Å². The van der Waals surface area contributed by atoms with Gasteiger partial charge in [0, 0.05) is 48.3 Å². The van der Waals surface area contributed by atoms with Crippen LogP contribution in [0.15, 0.2) is 79.3 Å². The highest BCUT2D eigenvalue weighted by Crippen LogP contribution is 2.27. The van der Waals surface area contributed by atoms with Gasteiger partial charge in [-0.15, -0.1) is 0 Å². The number of carbonyl (C=O) groups is 1. The van der Waals surface area contributed by atoms with Crippen LogP contribution in [0, 0.1) is 17.2 Å². The molecule has 222 valence electrons. The Balaban J connectivity index is 1.48. The zero-order chi connectivity index (χ0) is 30.9. The number of nitriles is 1. The van der Waals surface area contributed by atoms with E-state index in [4.69, 9.17) is 52.3 Å². The van der Waals surface area contributed by atoms with Gasteiger partial charge in [-0.1, -0.05) is 72.9 Å². The lowest BCUT2D eigenvalue weighted by molar-refractivity contribution is -0.121. The lowest BCUT2D eigenvalue weighted by atomic mass is 10.0. The molecule has 0 bridgehead atoms. The van der Waals surface area contributed by atoms with Gasteiger partial charge in [-0.25, -0.2) is 4.98 Å². The molecular formula is C32H31Cl3N6OS. The molecule has 3 aromatic carbocycles. The summed E-state index contributed by atoms with van der Waals surface area (Å²) < 4.78 is 1.93. The largest absolute Gasteiger partial charge is 0.351 e. The molecule has 0 saturated heterocycles. The third kappa shape index (κ3) is 9.19. The third-order valence-electron chi connectivity index (χ3n) is 6.92. The molecule has 4 aromatic rings. The van der Waals surface area contributed by atoms with E-state index in [1.807, 2.05) is 45.9 Å². The topological polar surface area (TPSA) is 86.0 Å². The highest BCUT2D eigenvalue weighted by atomic mass is 35.5. The summed E-state index contributed by atoms with van der Waals surface area (Å²) in [5.41, 5.74) is 4.00. The molecule has 43 heavy (non-hydrogen) atoms. The summed E-state index contributed by atoms with van der Waals surface area (Å²) in [4.78, 5) is 19.6. The van der Waals surface area contributed by atoms with Crippen LogP contribution in [0.5, 0.6) is 0 Å². The number of aromatic nitrogens is 2. The molecule has 0 unspecified atom stereocenters. The molecule has 2 N–H and O–H groups in total. The number of nitrogens with zero attached hydrogens (tertiary/aromatic N) is 4. The SMILES string of the molecule is CC(C)[C@@H](CN(Cc1cccc(Cl)c1Cl)C(=S)Nc1ccc(Cl)cc1)NC(=O)Cc1cncn1Cc1ccc(C#N)cc1. The monoisotopic (exact) mass is 652 g/mol. The number of anilines is 1. The van der Waals surface area contributed by atoms with Crippen molar-refractivity contribution < 1.29 is 4.79 Å². The summed E-state index contributed by atoms with van der Waals surface area (Å²) in [6.45, 7) is 5.47. The maximum atomic E-state index is 13.3. The van der Waals surface area contributed by atoms with Crippen LogP contribution in [-0.4, -0.2) is 38.1 Å². The van der Waals surface area contributed by atoms with Crippen LogP contribution in [0.3, 0.4) is 0 Å². The molecule has 0 aliphatic rings. The lowest BCUT2D eigenvalue weighted by Crippen LogP contribution is -2.49. The first-order valence-corrected chi connectivity index (χ1v) is 15.2. The molecule has 0 aliphatic heterocycles. The first-order chi connectivity index (χ1) is 20.6. The van der Waals surface area contributed by atoms with E-state index in [-0.39, 0.29) is 24.3 Å². The van der Waals surface area contributed by atoms with Crippen LogP contribution in [0.1, 0.15) is 36.2 Å². The number of halogens is 3. The van der Waals surface area contributed by atoms with Crippen LogP contribution in [0.2, 0.25) is 15.1 Å². The van der Waals surface area contributed by atoms with Gasteiger partial charge in [-0.2, -0.15) is 5.26 Å². The fourth-order valence-electron chi connectivity index (χ4n) is 4.43. The van der Waals surface area contributed by atoms with Crippen molar-refractivity contribution in [3.05, 3.63) is 117 Å². The fourth-order valence-corrected chi connectivity index (χ4v) is 5.20. The number of carbonyl (C=O) groups excluding carboxylic acids is 1. The van der Waals surface area contributed by atoms with Crippen molar-refractivity contribution in [2.45, 2.75) is 39.4 Å². The van der Waals surface area contributed by atoms with E-state index in [2.05, 4.69) is 35.5 Å². The molecule has 1 heterocycles. The van der Waals surface area contributed by atoms with E-state index in [1.54, 1.807) is 42.9 Å². The predicted octanol–water partition coefficient (Wildman–Crippen LogP) is 7.35. The Bertz CT molecular complexity index is 1600. The first-order valence-electron chi connectivity index (χ1n) is 13.6. The predicted molar refractivity (Wildman–Crippen MR) is 178 cm³/mol. The number of thiocarbonyl (C=S) groups is 1. The van der Waals surface area contributed by atoms with Crippen molar-refractivity contribution in [3.8, 4) is 6.07 Å². The van der Waals surface area contributed by atoms with E-state index in [9.17, 15) is 4.79 Å². The normalized spacial score (nSPS) is 11.6. The minimum atomic E-state index is -0.231. The van der Waals surface area contributed by atoms with E-state index < -0.39 is 0 Å². The number of amides is 1. The minimum absolute atomic E-state index is 0.100. The summed E-state index contributed by atoms with van der Waals surface area (Å²) in [5.74, 6) is -0.0271. The Morgan fingerprint density at radius 2 is 1.79 bits per heavy atom. The maximum absolute atomic E-state index is 13.3. The van der Waals surface area contributed by atoms with Gasteiger partial charge in [-0.05, 0) is 71.7 Å². The minimum Gasteiger partial charge on any atom is -0.351 e. The van der Waals surface area contributed by atoms with Crippen LogP contribution in [0.25, 0.3) is 0 Å². The van der Waals surface area contributed by atoms with Crippen molar-refractivity contribution in [3.63, 3.8) is 0 Å². The van der Waals surface area contributed by atoms with Gasteiger partial charge < -0.3 is 20.1 Å². The Hall–Kier alpha value is -3.61. The second-order valence-electron chi connectivity index (χ2n) is 10.4. The smallest absolute Gasteiger partial charge is 0.226 e. The number of nitrogens with one attached hydrogen (secondary N) is 2. The summed E-state index contributed by atoms with van der Waals surface area (Å²) >= 11 is 24.7. The zero-order valence-corrected chi connectivity index (χ0v) is 26.8. The maximum Gasteiger partial charge on any atom is 0.226 e. The van der Waals surface area contributed by atoms with Gasteiger partial charge in [0.25, 0.3) is 0 Å². The Labute approximate surface area is 272 Å². The van der Waals surface area contributed by atoms with E-state index in [1.165, 1.54) is 0 Å². The molecule has 0 saturated carbocycles. The van der Waals surface area contributed by atoms with Crippen molar-refractivity contribution in [2.75, 3.05) is 11.9 Å². The van der Waals surface area contributed by atoms with Gasteiger partial charge in [0.1, 0.15) is 0 Å². The highest BCUT2D eigenvalue weighted by molar-refractivity contribution is 7.80.